The Labute approximate surface area is 99.8 Å². The molecule has 0 bridgehead atoms. The number of rotatable bonds is 2. The fourth-order valence-electron chi connectivity index (χ4n) is 2.41. The standard InChI is InChI=1S/C12H25N.CH2O2/c1-6-10-8-13(12(3,4)5)9-11(10)7-2;2-1-3/h10-11H,6-9H2,1-5H3;1H,(H,2,3). The summed E-state index contributed by atoms with van der Waals surface area (Å²) in [6.45, 7) is 14.0. The van der Waals surface area contributed by atoms with E-state index in [9.17, 15) is 0 Å². The van der Waals surface area contributed by atoms with Crippen LogP contribution < -0.4 is 0 Å². The smallest absolute Gasteiger partial charge is 0.290 e. The maximum atomic E-state index is 8.36. The van der Waals surface area contributed by atoms with Crippen molar-refractivity contribution < 1.29 is 9.90 Å². The molecule has 1 rings (SSSR count). The van der Waals surface area contributed by atoms with Gasteiger partial charge < -0.3 is 5.11 Å². The highest BCUT2D eigenvalue weighted by atomic mass is 16.3. The Hall–Kier alpha value is -0.570. The van der Waals surface area contributed by atoms with E-state index in [0.29, 0.717) is 5.54 Å². The maximum Gasteiger partial charge on any atom is 0.290 e. The maximum absolute atomic E-state index is 8.36. The predicted octanol–water partition coefficient (Wildman–Crippen LogP) is 2.85. The van der Waals surface area contributed by atoms with Gasteiger partial charge in [-0.3, -0.25) is 9.69 Å². The van der Waals surface area contributed by atoms with Gasteiger partial charge in [-0.1, -0.05) is 26.7 Å². The number of hydrogen-bond donors (Lipinski definition) is 1. The number of hydrogen-bond acceptors (Lipinski definition) is 2. The van der Waals surface area contributed by atoms with Crippen molar-refractivity contribution in [3.05, 3.63) is 0 Å². The van der Waals surface area contributed by atoms with Crippen molar-refractivity contribution in [1.82, 2.24) is 4.90 Å². The van der Waals surface area contributed by atoms with Crippen molar-refractivity contribution in [2.75, 3.05) is 13.1 Å². The van der Waals surface area contributed by atoms with Gasteiger partial charge in [0.1, 0.15) is 0 Å². The second kappa shape index (κ2) is 6.89. The number of likely N-dealkylation sites (tertiary alicyclic amines) is 1. The lowest BCUT2D eigenvalue weighted by atomic mass is 9.92. The Balaban J connectivity index is 0.000000673. The fourth-order valence-corrected chi connectivity index (χ4v) is 2.41. The molecule has 3 nitrogen and oxygen atoms in total. The van der Waals surface area contributed by atoms with E-state index in [0.717, 1.165) is 11.8 Å². The van der Waals surface area contributed by atoms with Crippen molar-refractivity contribution in [1.29, 1.82) is 0 Å². The summed E-state index contributed by atoms with van der Waals surface area (Å²) in [4.78, 5) is 11.0. The largest absolute Gasteiger partial charge is 0.483 e. The third-order valence-corrected chi connectivity index (χ3v) is 3.57. The minimum absolute atomic E-state index is 0.250. The van der Waals surface area contributed by atoms with Gasteiger partial charge >= 0.3 is 0 Å². The van der Waals surface area contributed by atoms with Crippen molar-refractivity contribution in [2.45, 2.75) is 53.0 Å². The average Bonchev–Trinajstić information content (AvgIpc) is 2.61. The molecule has 1 fully saturated rings. The number of carbonyl (C=O) groups is 1. The molecule has 1 saturated heterocycles. The molecule has 0 amide bonds. The molecule has 0 saturated carbocycles. The molecule has 1 aliphatic rings. The third-order valence-electron chi connectivity index (χ3n) is 3.57. The first kappa shape index (κ1) is 15.4. The number of carboxylic acid groups (broad SMARTS) is 1. The van der Waals surface area contributed by atoms with Crippen LogP contribution in [-0.4, -0.2) is 35.1 Å². The Bertz CT molecular complexity index is 187. The van der Waals surface area contributed by atoms with Gasteiger partial charge in [-0.05, 0) is 32.6 Å². The molecule has 2 atom stereocenters. The van der Waals surface area contributed by atoms with Crippen molar-refractivity contribution in [2.24, 2.45) is 11.8 Å². The molecular weight excluding hydrogens is 202 g/mol. The van der Waals surface area contributed by atoms with Gasteiger partial charge in [-0.25, -0.2) is 0 Å². The molecular formula is C13H27NO2. The highest BCUT2D eigenvalue weighted by molar-refractivity contribution is 5.32. The summed E-state index contributed by atoms with van der Waals surface area (Å²) in [7, 11) is 0. The highest BCUT2D eigenvalue weighted by Gasteiger charge is 2.35. The topological polar surface area (TPSA) is 40.5 Å². The Morgan fingerprint density at radius 3 is 1.69 bits per heavy atom. The van der Waals surface area contributed by atoms with E-state index >= 15 is 0 Å². The van der Waals surface area contributed by atoms with Crippen LogP contribution in [0, 0.1) is 11.8 Å². The normalized spacial score (nSPS) is 26.1. The molecule has 16 heavy (non-hydrogen) atoms. The lowest BCUT2D eigenvalue weighted by Gasteiger charge is -2.31. The van der Waals surface area contributed by atoms with Crippen LogP contribution in [-0.2, 0) is 4.79 Å². The van der Waals surface area contributed by atoms with Gasteiger partial charge in [0.15, 0.2) is 0 Å². The van der Waals surface area contributed by atoms with E-state index in [-0.39, 0.29) is 6.47 Å². The van der Waals surface area contributed by atoms with Gasteiger partial charge in [0.05, 0.1) is 0 Å². The van der Waals surface area contributed by atoms with E-state index in [1.807, 2.05) is 0 Å². The zero-order valence-electron chi connectivity index (χ0n) is 11.4. The Morgan fingerprint density at radius 2 is 1.50 bits per heavy atom. The molecule has 0 spiro atoms. The summed E-state index contributed by atoms with van der Waals surface area (Å²) >= 11 is 0. The Kier molecular flexibility index (Phi) is 6.65. The first-order valence-corrected chi connectivity index (χ1v) is 6.23. The summed E-state index contributed by atoms with van der Waals surface area (Å²) in [6, 6.07) is 0. The van der Waals surface area contributed by atoms with Crippen molar-refractivity contribution in [3.63, 3.8) is 0 Å². The summed E-state index contributed by atoms with van der Waals surface area (Å²) in [5, 5.41) is 6.89. The molecule has 0 aliphatic carbocycles. The molecule has 0 aromatic carbocycles. The van der Waals surface area contributed by atoms with E-state index in [2.05, 4.69) is 39.5 Å². The minimum Gasteiger partial charge on any atom is -0.483 e. The first-order chi connectivity index (χ1) is 7.40. The van der Waals surface area contributed by atoms with Crippen LogP contribution in [0.15, 0.2) is 0 Å². The van der Waals surface area contributed by atoms with E-state index in [1.165, 1.54) is 25.9 Å². The summed E-state index contributed by atoms with van der Waals surface area (Å²) in [6.07, 6.45) is 2.70. The lowest BCUT2D eigenvalue weighted by molar-refractivity contribution is -0.122. The van der Waals surface area contributed by atoms with E-state index in [1.54, 1.807) is 0 Å². The van der Waals surface area contributed by atoms with Crippen LogP contribution in [0.1, 0.15) is 47.5 Å². The van der Waals surface area contributed by atoms with Gasteiger partial charge in [0.25, 0.3) is 6.47 Å². The van der Waals surface area contributed by atoms with Crippen LogP contribution in [0.2, 0.25) is 0 Å². The van der Waals surface area contributed by atoms with Crippen LogP contribution in [0.3, 0.4) is 0 Å². The monoisotopic (exact) mass is 229 g/mol. The quantitative estimate of drug-likeness (QED) is 0.740. The molecule has 1 aliphatic heterocycles. The second-order valence-corrected chi connectivity index (χ2v) is 5.52. The predicted molar refractivity (Wildman–Crippen MR) is 67.6 cm³/mol. The van der Waals surface area contributed by atoms with Gasteiger partial charge in [-0.2, -0.15) is 0 Å². The highest BCUT2D eigenvalue weighted by Crippen LogP contribution is 2.32. The molecule has 96 valence electrons. The van der Waals surface area contributed by atoms with Crippen LogP contribution >= 0.6 is 0 Å². The van der Waals surface area contributed by atoms with E-state index < -0.39 is 0 Å². The van der Waals surface area contributed by atoms with Gasteiger partial charge in [0, 0.05) is 18.6 Å². The lowest BCUT2D eigenvalue weighted by Crippen LogP contribution is -2.39. The van der Waals surface area contributed by atoms with Crippen LogP contribution in [0.25, 0.3) is 0 Å². The Morgan fingerprint density at radius 1 is 1.19 bits per heavy atom. The molecule has 2 unspecified atom stereocenters. The average molecular weight is 229 g/mol. The molecule has 3 heteroatoms. The van der Waals surface area contributed by atoms with E-state index in [4.69, 9.17) is 9.90 Å². The molecule has 1 heterocycles. The molecule has 0 aromatic rings. The second-order valence-electron chi connectivity index (χ2n) is 5.52. The fraction of sp³-hybridized carbons (Fsp3) is 0.923. The summed E-state index contributed by atoms with van der Waals surface area (Å²) in [5.74, 6) is 1.90. The minimum atomic E-state index is -0.250. The zero-order chi connectivity index (χ0) is 12.8. The van der Waals surface area contributed by atoms with Crippen molar-refractivity contribution >= 4 is 6.47 Å². The molecule has 0 radical (unpaired) electrons. The summed E-state index contributed by atoms with van der Waals surface area (Å²) < 4.78 is 0. The third kappa shape index (κ3) is 4.52. The SMILES string of the molecule is CCC1CN(C(C)(C)C)CC1CC.O=CO. The summed E-state index contributed by atoms with van der Waals surface area (Å²) in [5.41, 5.74) is 0.372. The van der Waals surface area contributed by atoms with Crippen molar-refractivity contribution in [3.8, 4) is 0 Å². The van der Waals surface area contributed by atoms with Gasteiger partial charge in [-0.15, -0.1) is 0 Å². The zero-order valence-corrected chi connectivity index (χ0v) is 11.4. The number of nitrogens with zero attached hydrogens (tertiary/aromatic N) is 1. The first-order valence-electron chi connectivity index (χ1n) is 6.23. The molecule has 1 N–H and O–H groups in total. The van der Waals surface area contributed by atoms with Gasteiger partial charge in [0.2, 0.25) is 0 Å². The van der Waals surface area contributed by atoms with Crippen LogP contribution in [0.5, 0.6) is 0 Å². The van der Waals surface area contributed by atoms with Crippen LogP contribution in [0.4, 0.5) is 0 Å². The molecule has 0 aromatic heterocycles.